The summed E-state index contributed by atoms with van der Waals surface area (Å²) >= 11 is 0. The number of benzene rings is 1. The number of nitrogens with zero attached hydrogens (tertiary/aromatic N) is 2. The number of hydrogen-bond acceptors (Lipinski definition) is 4. The van der Waals surface area contributed by atoms with Crippen molar-refractivity contribution in [1.29, 1.82) is 0 Å². The zero-order valence-corrected chi connectivity index (χ0v) is 20.2. The molecule has 0 amide bonds. The van der Waals surface area contributed by atoms with Crippen LogP contribution in [-0.4, -0.2) is 70.0 Å². The van der Waals surface area contributed by atoms with Crippen molar-refractivity contribution < 1.29 is 9.47 Å². The van der Waals surface area contributed by atoms with Crippen molar-refractivity contribution in [3.8, 4) is 0 Å². The number of guanidine groups is 1. The fourth-order valence-electron chi connectivity index (χ4n) is 3.67. The van der Waals surface area contributed by atoms with Gasteiger partial charge in [-0.25, -0.2) is 0 Å². The third-order valence-corrected chi connectivity index (χ3v) is 5.56. The first kappa shape index (κ1) is 24.4. The molecule has 1 aromatic rings. The minimum atomic E-state index is 0. The average molecular weight is 516 g/mol. The molecule has 2 aliphatic heterocycles. The smallest absolute Gasteiger partial charge is 0.191 e. The molecule has 0 saturated carbocycles. The lowest BCUT2D eigenvalue weighted by Gasteiger charge is -2.38. The highest BCUT2D eigenvalue weighted by Crippen LogP contribution is 2.24. The highest BCUT2D eigenvalue weighted by molar-refractivity contribution is 14.0. The highest BCUT2D eigenvalue weighted by Gasteiger charge is 2.33. The van der Waals surface area contributed by atoms with Gasteiger partial charge in [0.15, 0.2) is 5.96 Å². The molecule has 0 radical (unpaired) electrons. The molecule has 7 heteroatoms. The number of nitrogens with one attached hydrogen (secondary N) is 2. The second-order valence-corrected chi connectivity index (χ2v) is 8.34. The molecule has 0 aromatic heterocycles. The fraction of sp³-hybridized carbons (Fsp3) is 0.682. The summed E-state index contributed by atoms with van der Waals surface area (Å²) in [4.78, 5) is 6.81. The van der Waals surface area contributed by atoms with Gasteiger partial charge in [-0.2, -0.15) is 0 Å². The molecule has 0 atom stereocenters. The summed E-state index contributed by atoms with van der Waals surface area (Å²) < 4.78 is 11.4. The second kappa shape index (κ2) is 12.7. The molecular weight excluding hydrogens is 479 g/mol. The zero-order chi connectivity index (χ0) is 19.7. The van der Waals surface area contributed by atoms with Crippen LogP contribution in [0.3, 0.4) is 0 Å². The Labute approximate surface area is 192 Å². The van der Waals surface area contributed by atoms with E-state index in [1.807, 2.05) is 7.05 Å². The van der Waals surface area contributed by atoms with Crippen molar-refractivity contribution in [3.05, 3.63) is 35.9 Å². The van der Waals surface area contributed by atoms with Gasteiger partial charge in [0.1, 0.15) is 0 Å². The number of piperidine rings is 1. The Bertz CT molecular complexity index is 602. The zero-order valence-electron chi connectivity index (χ0n) is 17.9. The van der Waals surface area contributed by atoms with Gasteiger partial charge >= 0.3 is 0 Å². The van der Waals surface area contributed by atoms with Gasteiger partial charge in [0.25, 0.3) is 0 Å². The Morgan fingerprint density at radius 3 is 2.55 bits per heavy atom. The van der Waals surface area contributed by atoms with E-state index in [1.165, 1.54) is 5.56 Å². The van der Waals surface area contributed by atoms with Crippen molar-refractivity contribution in [2.24, 2.45) is 10.4 Å². The van der Waals surface area contributed by atoms with Crippen LogP contribution in [0.5, 0.6) is 0 Å². The summed E-state index contributed by atoms with van der Waals surface area (Å²) in [5.41, 5.74) is 1.64. The molecule has 164 valence electrons. The monoisotopic (exact) mass is 516 g/mol. The molecule has 2 saturated heterocycles. The predicted octanol–water partition coefficient (Wildman–Crippen LogP) is 2.88. The van der Waals surface area contributed by atoms with Crippen molar-refractivity contribution >= 4 is 29.9 Å². The standard InChI is InChI=1S/C22H36N4O2.HI/c1-22(17-27-18-22)16-25-21(23-2)24-11-6-14-28-20-9-12-26(13-10-20)15-19-7-4-3-5-8-19;/h3-5,7-8,20H,6,9-18H2,1-2H3,(H2,23,24,25);1H. The number of ether oxygens (including phenoxy) is 2. The third-order valence-electron chi connectivity index (χ3n) is 5.56. The molecule has 1 aromatic carbocycles. The molecule has 2 aliphatic rings. The van der Waals surface area contributed by atoms with Crippen LogP contribution in [0.4, 0.5) is 0 Å². The Morgan fingerprint density at radius 2 is 1.93 bits per heavy atom. The van der Waals surface area contributed by atoms with Crippen LogP contribution < -0.4 is 10.6 Å². The summed E-state index contributed by atoms with van der Waals surface area (Å²) in [6.45, 7) is 9.76. The number of hydrogen-bond donors (Lipinski definition) is 2. The van der Waals surface area contributed by atoms with Crippen molar-refractivity contribution in [2.45, 2.75) is 38.8 Å². The highest BCUT2D eigenvalue weighted by atomic mass is 127. The van der Waals surface area contributed by atoms with E-state index < -0.39 is 0 Å². The lowest BCUT2D eigenvalue weighted by molar-refractivity contribution is -0.0971. The van der Waals surface area contributed by atoms with Gasteiger partial charge in [-0.05, 0) is 24.8 Å². The second-order valence-electron chi connectivity index (χ2n) is 8.34. The first-order valence-corrected chi connectivity index (χ1v) is 10.6. The Balaban J connectivity index is 0.00000300. The van der Waals surface area contributed by atoms with E-state index in [0.717, 1.165) is 77.8 Å². The molecule has 29 heavy (non-hydrogen) atoms. The lowest BCUT2D eigenvalue weighted by Crippen LogP contribution is -2.51. The van der Waals surface area contributed by atoms with Crippen LogP contribution in [0.15, 0.2) is 35.3 Å². The van der Waals surface area contributed by atoms with Crippen LogP contribution in [0.25, 0.3) is 0 Å². The summed E-state index contributed by atoms with van der Waals surface area (Å²) in [5.74, 6) is 0.863. The van der Waals surface area contributed by atoms with Crippen LogP contribution >= 0.6 is 24.0 Å². The lowest BCUT2D eigenvalue weighted by atomic mass is 9.89. The van der Waals surface area contributed by atoms with Gasteiger partial charge in [0, 0.05) is 51.8 Å². The van der Waals surface area contributed by atoms with Gasteiger partial charge in [-0.15, -0.1) is 24.0 Å². The maximum Gasteiger partial charge on any atom is 0.191 e. The van der Waals surface area contributed by atoms with Gasteiger partial charge in [0.2, 0.25) is 0 Å². The molecule has 2 fully saturated rings. The minimum Gasteiger partial charge on any atom is -0.380 e. The summed E-state index contributed by atoms with van der Waals surface area (Å²) in [6.07, 6.45) is 3.66. The van der Waals surface area contributed by atoms with E-state index in [1.54, 1.807) is 0 Å². The fourth-order valence-corrected chi connectivity index (χ4v) is 3.67. The van der Waals surface area contributed by atoms with Crippen molar-refractivity contribution in [3.63, 3.8) is 0 Å². The largest absolute Gasteiger partial charge is 0.380 e. The van der Waals surface area contributed by atoms with Crippen LogP contribution in [0.1, 0.15) is 31.7 Å². The quantitative estimate of drug-likeness (QED) is 0.229. The molecule has 0 aliphatic carbocycles. The first-order chi connectivity index (χ1) is 13.7. The molecule has 0 bridgehead atoms. The molecule has 3 rings (SSSR count). The van der Waals surface area contributed by atoms with Gasteiger partial charge in [-0.1, -0.05) is 37.3 Å². The van der Waals surface area contributed by atoms with E-state index in [2.05, 4.69) is 57.8 Å². The Kier molecular flexibility index (Phi) is 10.7. The Hall–Kier alpha value is -0.900. The average Bonchev–Trinajstić information content (AvgIpc) is 2.70. The number of likely N-dealkylation sites (tertiary alicyclic amines) is 1. The van der Waals surface area contributed by atoms with E-state index in [4.69, 9.17) is 9.47 Å². The van der Waals surface area contributed by atoms with E-state index in [0.29, 0.717) is 6.10 Å². The van der Waals surface area contributed by atoms with Crippen molar-refractivity contribution in [1.82, 2.24) is 15.5 Å². The third kappa shape index (κ3) is 8.39. The molecule has 2 heterocycles. The summed E-state index contributed by atoms with van der Waals surface area (Å²) in [6, 6.07) is 10.7. The summed E-state index contributed by atoms with van der Waals surface area (Å²) in [7, 11) is 1.81. The van der Waals surface area contributed by atoms with E-state index >= 15 is 0 Å². The number of halogens is 1. The first-order valence-electron chi connectivity index (χ1n) is 10.6. The molecule has 6 nitrogen and oxygen atoms in total. The van der Waals surface area contributed by atoms with Crippen LogP contribution in [0, 0.1) is 5.41 Å². The van der Waals surface area contributed by atoms with E-state index in [9.17, 15) is 0 Å². The van der Waals surface area contributed by atoms with Crippen LogP contribution in [0.2, 0.25) is 0 Å². The van der Waals surface area contributed by atoms with Gasteiger partial charge in [-0.3, -0.25) is 9.89 Å². The Morgan fingerprint density at radius 1 is 1.21 bits per heavy atom. The molecule has 2 N–H and O–H groups in total. The normalized spacial score (nSPS) is 19.9. The van der Waals surface area contributed by atoms with E-state index in [-0.39, 0.29) is 29.4 Å². The van der Waals surface area contributed by atoms with Gasteiger partial charge in [0.05, 0.1) is 19.3 Å². The SMILES string of the molecule is CN=C(NCCCOC1CCN(Cc2ccccc2)CC1)NCC1(C)COC1.I. The molecular formula is C22H37IN4O2. The maximum atomic E-state index is 6.09. The molecule has 0 unspecified atom stereocenters. The minimum absolute atomic E-state index is 0. The summed E-state index contributed by atoms with van der Waals surface area (Å²) in [5, 5.41) is 6.76. The number of aliphatic imine (C=N–C) groups is 1. The maximum absolute atomic E-state index is 6.09. The van der Waals surface area contributed by atoms with Crippen molar-refractivity contribution in [2.75, 3.05) is 53.0 Å². The van der Waals surface area contributed by atoms with Gasteiger partial charge < -0.3 is 20.1 Å². The predicted molar refractivity (Wildman–Crippen MR) is 129 cm³/mol. The number of rotatable bonds is 9. The molecule has 0 spiro atoms. The topological polar surface area (TPSA) is 58.1 Å². The van der Waals surface area contributed by atoms with Crippen LogP contribution in [-0.2, 0) is 16.0 Å².